The lowest BCUT2D eigenvalue weighted by molar-refractivity contribution is -0.129. The Balaban J connectivity index is 1.96. The molecule has 1 aromatic heterocycles. The van der Waals surface area contributed by atoms with Gasteiger partial charge in [0.15, 0.2) is 11.5 Å². The molecule has 0 radical (unpaired) electrons. The number of likely N-dealkylation sites (N-methyl/N-ethyl adjacent to an activating group) is 1. The number of hydrogen-bond acceptors (Lipinski definition) is 5. The number of pyridine rings is 1. The Labute approximate surface area is 163 Å². The van der Waals surface area contributed by atoms with Crippen LogP contribution in [0.25, 0.3) is 11.1 Å². The average molecular weight is 372 g/mol. The van der Waals surface area contributed by atoms with E-state index < -0.39 is 5.54 Å². The molecular weight excluding hydrogens is 352 g/mol. The molecule has 28 heavy (non-hydrogen) atoms. The molecule has 6 nitrogen and oxygen atoms in total. The zero-order valence-electron chi connectivity index (χ0n) is 15.6. The van der Waals surface area contributed by atoms with Crippen molar-refractivity contribution in [2.45, 2.75) is 12.5 Å². The molecule has 140 valence electrons. The molecular formula is C22H20N4O2. The number of benzene rings is 2. The Morgan fingerprint density at radius 1 is 1.04 bits per heavy atom. The molecule has 0 spiro atoms. The molecule has 0 fully saturated rings. The van der Waals surface area contributed by atoms with E-state index in [1.54, 1.807) is 44.6 Å². The number of aromatic nitrogens is 1. The fraction of sp³-hybridized carbons (Fsp3) is 0.136. The first kappa shape index (κ1) is 17.7. The van der Waals surface area contributed by atoms with Gasteiger partial charge >= 0.3 is 0 Å². The minimum Gasteiger partial charge on any atom is -0.508 e. The highest BCUT2D eigenvalue weighted by Gasteiger charge is 2.49. The number of carbonyl (C=O) groups is 1. The van der Waals surface area contributed by atoms with Crippen molar-refractivity contribution in [3.63, 3.8) is 0 Å². The molecule has 0 bridgehead atoms. The van der Waals surface area contributed by atoms with Gasteiger partial charge in [-0.1, -0.05) is 30.3 Å². The molecule has 3 aromatic rings. The van der Waals surface area contributed by atoms with Crippen LogP contribution in [-0.2, 0) is 10.3 Å². The maximum Gasteiger partial charge on any atom is 0.266 e. The second-order valence-corrected chi connectivity index (χ2v) is 6.87. The fourth-order valence-electron chi connectivity index (χ4n) is 3.52. The van der Waals surface area contributed by atoms with E-state index in [1.165, 1.54) is 4.90 Å². The standard InChI is InChI=1S/C22H20N4O2/c1-14-11-18(8-9-19(14)27)22(20(28)26(2)21(23)25-22)17-7-3-5-15(12-17)16-6-4-10-24-13-16/h3-13,27H,1-2H3,(H2,23,25). The summed E-state index contributed by atoms with van der Waals surface area (Å²) in [6, 6.07) is 16.6. The summed E-state index contributed by atoms with van der Waals surface area (Å²) in [7, 11) is 1.61. The van der Waals surface area contributed by atoms with Crippen molar-refractivity contribution in [1.82, 2.24) is 9.88 Å². The van der Waals surface area contributed by atoms with Crippen LogP contribution in [0, 0.1) is 6.92 Å². The van der Waals surface area contributed by atoms with Gasteiger partial charge in [0, 0.05) is 19.4 Å². The molecule has 3 N–H and O–H groups in total. The zero-order valence-corrected chi connectivity index (χ0v) is 15.6. The number of aliphatic imine (C=N–C) groups is 1. The van der Waals surface area contributed by atoms with Crippen LogP contribution in [0.4, 0.5) is 0 Å². The highest BCUT2D eigenvalue weighted by Crippen LogP contribution is 2.41. The first-order valence-corrected chi connectivity index (χ1v) is 8.88. The quantitative estimate of drug-likeness (QED) is 0.739. The first-order valence-electron chi connectivity index (χ1n) is 8.88. The van der Waals surface area contributed by atoms with Crippen LogP contribution in [0.2, 0.25) is 0 Å². The van der Waals surface area contributed by atoms with Crippen LogP contribution >= 0.6 is 0 Å². The lowest BCUT2D eigenvalue weighted by Gasteiger charge is -2.27. The number of nitrogens with two attached hydrogens (primary N) is 1. The maximum atomic E-state index is 13.3. The Morgan fingerprint density at radius 3 is 2.43 bits per heavy atom. The highest BCUT2D eigenvalue weighted by molar-refractivity contribution is 6.09. The van der Waals surface area contributed by atoms with E-state index in [1.807, 2.05) is 36.4 Å². The first-order chi connectivity index (χ1) is 13.4. The second kappa shape index (κ2) is 6.49. The number of aryl methyl sites for hydroxylation is 1. The van der Waals surface area contributed by atoms with Crippen LogP contribution < -0.4 is 5.73 Å². The summed E-state index contributed by atoms with van der Waals surface area (Å²) in [5.74, 6) is 0.0831. The molecule has 4 rings (SSSR count). The molecule has 1 aliphatic rings. The van der Waals surface area contributed by atoms with Crippen LogP contribution in [0.3, 0.4) is 0 Å². The maximum absolute atomic E-state index is 13.3. The van der Waals surface area contributed by atoms with Gasteiger partial charge in [0.1, 0.15) is 5.75 Å². The van der Waals surface area contributed by atoms with E-state index in [4.69, 9.17) is 5.73 Å². The van der Waals surface area contributed by atoms with E-state index in [9.17, 15) is 9.90 Å². The normalized spacial score (nSPS) is 19.0. The molecule has 0 saturated heterocycles. The number of amides is 1. The van der Waals surface area contributed by atoms with Crippen LogP contribution in [-0.4, -0.2) is 33.9 Å². The summed E-state index contributed by atoms with van der Waals surface area (Å²) in [5, 5.41) is 9.94. The van der Waals surface area contributed by atoms with Crippen molar-refractivity contribution in [2.75, 3.05) is 7.05 Å². The Hall–Kier alpha value is -3.67. The van der Waals surface area contributed by atoms with E-state index in [2.05, 4.69) is 9.98 Å². The van der Waals surface area contributed by atoms with Crippen molar-refractivity contribution in [2.24, 2.45) is 10.7 Å². The largest absolute Gasteiger partial charge is 0.508 e. The third-order valence-electron chi connectivity index (χ3n) is 5.13. The Bertz CT molecular complexity index is 1090. The monoisotopic (exact) mass is 372 g/mol. The zero-order chi connectivity index (χ0) is 19.9. The molecule has 1 unspecified atom stereocenters. The van der Waals surface area contributed by atoms with Gasteiger partial charge in [-0.25, -0.2) is 4.99 Å². The third kappa shape index (κ3) is 2.62. The van der Waals surface area contributed by atoms with Gasteiger partial charge in [0.2, 0.25) is 0 Å². The number of phenols is 1. The average Bonchev–Trinajstić information content (AvgIpc) is 2.96. The van der Waals surface area contributed by atoms with Gasteiger partial charge in [-0.05, 0) is 59.0 Å². The van der Waals surface area contributed by atoms with Crippen molar-refractivity contribution in [3.8, 4) is 16.9 Å². The fourth-order valence-corrected chi connectivity index (χ4v) is 3.52. The minimum atomic E-state index is -1.30. The molecule has 1 atom stereocenters. The molecule has 1 aliphatic heterocycles. The molecule has 0 saturated carbocycles. The predicted molar refractivity (Wildman–Crippen MR) is 108 cm³/mol. The summed E-state index contributed by atoms with van der Waals surface area (Å²) in [6.07, 6.45) is 3.49. The number of phenolic OH excluding ortho intramolecular Hbond substituents is 1. The topological polar surface area (TPSA) is 91.8 Å². The summed E-state index contributed by atoms with van der Waals surface area (Å²) in [6.45, 7) is 1.79. The number of rotatable bonds is 3. The van der Waals surface area contributed by atoms with E-state index in [0.717, 1.165) is 11.1 Å². The van der Waals surface area contributed by atoms with Crippen molar-refractivity contribution >= 4 is 11.9 Å². The summed E-state index contributed by atoms with van der Waals surface area (Å²) in [4.78, 5) is 23.5. The van der Waals surface area contributed by atoms with E-state index in [0.29, 0.717) is 16.7 Å². The van der Waals surface area contributed by atoms with Crippen molar-refractivity contribution < 1.29 is 9.90 Å². The van der Waals surface area contributed by atoms with Crippen LogP contribution in [0.15, 0.2) is 72.0 Å². The molecule has 1 amide bonds. The lowest BCUT2D eigenvalue weighted by Crippen LogP contribution is -2.41. The molecule has 0 aliphatic carbocycles. The molecule has 6 heteroatoms. The number of nitrogens with zero attached hydrogens (tertiary/aromatic N) is 3. The smallest absolute Gasteiger partial charge is 0.266 e. The van der Waals surface area contributed by atoms with Gasteiger partial charge in [0.25, 0.3) is 5.91 Å². The van der Waals surface area contributed by atoms with Crippen molar-refractivity contribution in [3.05, 3.63) is 83.7 Å². The third-order valence-corrected chi connectivity index (χ3v) is 5.13. The number of hydrogen-bond donors (Lipinski definition) is 2. The van der Waals surface area contributed by atoms with Crippen LogP contribution in [0.5, 0.6) is 5.75 Å². The summed E-state index contributed by atoms with van der Waals surface area (Å²) < 4.78 is 0. The second-order valence-electron chi connectivity index (χ2n) is 6.87. The van der Waals surface area contributed by atoms with Crippen molar-refractivity contribution in [1.29, 1.82) is 0 Å². The Morgan fingerprint density at radius 2 is 1.79 bits per heavy atom. The van der Waals surface area contributed by atoms with Gasteiger partial charge in [-0.2, -0.15) is 0 Å². The molecule has 2 aromatic carbocycles. The lowest BCUT2D eigenvalue weighted by atomic mass is 9.81. The van der Waals surface area contributed by atoms with Gasteiger partial charge in [-0.3, -0.25) is 14.7 Å². The SMILES string of the molecule is Cc1cc(C2(c3cccc(-c4cccnc4)c3)N=C(N)N(C)C2=O)ccc1O. The number of carbonyl (C=O) groups excluding carboxylic acids is 1. The van der Waals surface area contributed by atoms with Gasteiger partial charge < -0.3 is 10.8 Å². The minimum absolute atomic E-state index is 0.155. The Kier molecular flexibility index (Phi) is 4.11. The van der Waals surface area contributed by atoms with Crippen LogP contribution in [0.1, 0.15) is 16.7 Å². The van der Waals surface area contributed by atoms with E-state index >= 15 is 0 Å². The van der Waals surface area contributed by atoms with Gasteiger partial charge in [-0.15, -0.1) is 0 Å². The highest BCUT2D eigenvalue weighted by atomic mass is 16.3. The summed E-state index contributed by atoms with van der Waals surface area (Å²) >= 11 is 0. The number of guanidine groups is 1. The predicted octanol–water partition coefficient (Wildman–Crippen LogP) is 2.79. The van der Waals surface area contributed by atoms with E-state index in [-0.39, 0.29) is 17.6 Å². The number of aromatic hydroxyl groups is 1. The van der Waals surface area contributed by atoms with Gasteiger partial charge in [0.05, 0.1) is 0 Å². The molecule has 2 heterocycles. The summed E-state index contributed by atoms with van der Waals surface area (Å²) in [5.41, 5.74) is 8.63.